The fourth-order valence-electron chi connectivity index (χ4n) is 4.31. The van der Waals surface area contributed by atoms with Crippen molar-refractivity contribution < 1.29 is 9.59 Å². The Labute approximate surface area is 170 Å². The monoisotopic (exact) mass is 397 g/mol. The number of anilines is 1. The first-order valence-electron chi connectivity index (χ1n) is 10.3. The van der Waals surface area contributed by atoms with Gasteiger partial charge in [0.25, 0.3) is 0 Å². The van der Waals surface area contributed by atoms with Crippen LogP contribution in [0.15, 0.2) is 18.3 Å². The second-order valence-corrected chi connectivity index (χ2v) is 7.83. The molecule has 4 heterocycles. The van der Waals surface area contributed by atoms with Crippen LogP contribution < -0.4 is 20.9 Å². The zero-order chi connectivity index (χ0) is 20.2. The molecule has 0 bridgehead atoms. The summed E-state index contributed by atoms with van der Waals surface area (Å²) >= 11 is 0. The van der Waals surface area contributed by atoms with E-state index in [9.17, 15) is 9.59 Å². The molecule has 0 aliphatic carbocycles. The van der Waals surface area contributed by atoms with Crippen molar-refractivity contribution in [3.63, 3.8) is 0 Å². The van der Waals surface area contributed by atoms with E-state index in [1.165, 1.54) is 0 Å². The minimum Gasteiger partial charge on any atom is -0.353 e. The first-order valence-corrected chi connectivity index (χ1v) is 10.3. The lowest BCUT2D eigenvalue weighted by Crippen LogP contribution is -2.69. The Morgan fingerprint density at radius 1 is 1.28 bits per heavy atom. The van der Waals surface area contributed by atoms with Gasteiger partial charge in [-0.2, -0.15) is 5.26 Å². The lowest BCUT2D eigenvalue weighted by molar-refractivity contribution is -0.133. The molecule has 1 aromatic rings. The minimum absolute atomic E-state index is 0.0365. The van der Waals surface area contributed by atoms with E-state index in [1.54, 1.807) is 12.3 Å². The smallest absolute Gasteiger partial charge is 0.239 e. The third-order valence-corrected chi connectivity index (χ3v) is 5.95. The first-order chi connectivity index (χ1) is 14.1. The number of hydrogen-bond acceptors (Lipinski definition) is 7. The predicted molar refractivity (Wildman–Crippen MR) is 107 cm³/mol. The number of piperazine rings is 1. The number of hydrogen-bond donors (Lipinski definition) is 3. The van der Waals surface area contributed by atoms with E-state index in [4.69, 9.17) is 5.26 Å². The number of aromatic nitrogens is 1. The summed E-state index contributed by atoms with van der Waals surface area (Å²) in [6, 6.07) is 5.68. The molecular weight excluding hydrogens is 370 g/mol. The maximum Gasteiger partial charge on any atom is 0.239 e. The molecule has 154 valence electrons. The Hall–Kier alpha value is -2.70. The molecule has 3 saturated heterocycles. The van der Waals surface area contributed by atoms with Crippen LogP contribution in [0.1, 0.15) is 31.2 Å². The molecule has 0 radical (unpaired) electrons. The molecule has 3 fully saturated rings. The first kappa shape index (κ1) is 19.6. The van der Waals surface area contributed by atoms with Gasteiger partial charge in [0.2, 0.25) is 11.8 Å². The molecule has 0 aromatic carbocycles. The molecule has 3 aliphatic rings. The highest BCUT2D eigenvalue weighted by Gasteiger charge is 2.37. The number of fused-ring (bicyclic) bond motifs is 1. The van der Waals surface area contributed by atoms with Crippen LogP contribution in [0.2, 0.25) is 0 Å². The minimum atomic E-state index is -0.153. The lowest BCUT2D eigenvalue weighted by atomic mass is 9.94. The largest absolute Gasteiger partial charge is 0.353 e. The molecular formula is C20H27N7O2. The van der Waals surface area contributed by atoms with Crippen LogP contribution in [0.3, 0.4) is 0 Å². The molecule has 9 heteroatoms. The molecule has 3 unspecified atom stereocenters. The van der Waals surface area contributed by atoms with Crippen LogP contribution in [-0.4, -0.2) is 72.7 Å². The van der Waals surface area contributed by atoms with Gasteiger partial charge >= 0.3 is 0 Å². The molecule has 9 nitrogen and oxygen atoms in total. The zero-order valence-corrected chi connectivity index (χ0v) is 16.4. The normalized spacial score (nSPS) is 27.0. The third-order valence-electron chi connectivity index (χ3n) is 5.95. The third kappa shape index (κ3) is 4.49. The van der Waals surface area contributed by atoms with Crippen LogP contribution in [0.5, 0.6) is 0 Å². The van der Waals surface area contributed by atoms with E-state index >= 15 is 0 Å². The molecule has 1 aromatic heterocycles. The summed E-state index contributed by atoms with van der Waals surface area (Å²) in [5.41, 5.74) is 0.543. The van der Waals surface area contributed by atoms with Crippen molar-refractivity contribution in [2.24, 2.45) is 0 Å². The lowest BCUT2D eigenvalue weighted by Gasteiger charge is -2.41. The van der Waals surface area contributed by atoms with Crippen molar-refractivity contribution in [2.45, 2.75) is 43.9 Å². The van der Waals surface area contributed by atoms with Crippen molar-refractivity contribution >= 4 is 17.6 Å². The van der Waals surface area contributed by atoms with E-state index in [2.05, 4.69) is 31.9 Å². The van der Waals surface area contributed by atoms with Gasteiger partial charge in [0.1, 0.15) is 17.9 Å². The van der Waals surface area contributed by atoms with E-state index in [0.29, 0.717) is 31.5 Å². The van der Waals surface area contributed by atoms with Gasteiger partial charge in [-0.15, -0.1) is 0 Å². The predicted octanol–water partition coefficient (Wildman–Crippen LogP) is -0.452. The molecule has 0 spiro atoms. The van der Waals surface area contributed by atoms with Gasteiger partial charge in [-0.3, -0.25) is 14.9 Å². The van der Waals surface area contributed by atoms with Gasteiger partial charge in [0.05, 0.1) is 11.7 Å². The summed E-state index contributed by atoms with van der Waals surface area (Å²) in [5.74, 6) is 0.993. The van der Waals surface area contributed by atoms with E-state index < -0.39 is 0 Å². The topological polar surface area (TPSA) is 113 Å². The molecule has 3 N–H and O–H groups in total. The van der Waals surface area contributed by atoms with E-state index in [0.717, 1.165) is 38.3 Å². The summed E-state index contributed by atoms with van der Waals surface area (Å²) < 4.78 is 0. The molecule has 3 aliphatic heterocycles. The van der Waals surface area contributed by atoms with Crippen LogP contribution >= 0.6 is 0 Å². The Bertz CT molecular complexity index is 783. The maximum atomic E-state index is 12.6. The standard InChI is InChI=1S/C20H27N7O2/c21-12-14-3-5-17(23-13-14)26-8-10-27(11-9-26)18(28)6-4-16-24-15-2-1-7-22-19(15)20(29)25-16/h3,5,13,15-16,19,22,24H,1-2,4,6-11H2,(H,25,29). The Balaban J connectivity index is 1.23. The van der Waals surface area contributed by atoms with Gasteiger partial charge in [-0.1, -0.05) is 0 Å². The van der Waals surface area contributed by atoms with Crippen LogP contribution in [0.25, 0.3) is 0 Å². The van der Waals surface area contributed by atoms with Gasteiger partial charge in [0, 0.05) is 44.8 Å². The van der Waals surface area contributed by atoms with Crippen molar-refractivity contribution in [1.29, 1.82) is 5.26 Å². The summed E-state index contributed by atoms with van der Waals surface area (Å²) in [6.45, 7) is 3.62. The van der Waals surface area contributed by atoms with Gasteiger partial charge in [-0.25, -0.2) is 4.98 Å². The molecule has 29 heavy (non-hydrogen) atoms. The highest BCUT2D eigenvalue weighted by Crippen LogP contribution is 2.17. The number of carbonyl (C=O) groups excluding carboxylic acids is 2. The van der Waals surface area contributed by atoms with Crippen LogP contribution in [0.4, 0.5) is 5.82 Å². The van der Waals surface area contributed by atoms with Crippen LogP contribution in [-0.2, 0) is 9.59 Å². The Kier molecular flexibility index (Phi) is 5.92. The fraction of sp³-hybridized carbons (Fsp3) is 0.600. The summed E-state index contributed by atoms with van der Waals surface area (Å²) in [5, 5.41) is 18.6. The summed E-state index contributed by atoms with van der Waals surface area (Å²) in [4.78, 5) is 33.2. The van der Waals surface area contributed by atoms with E-state index in [-0.39, 0.29) is 30.1 Å². The molecule has 2 amide bonds. The number of pyridine rings is 1. The van der Waals surface area contributed by atoms with Crippen LogP contribution in [0, 0.1) is 11.3 Å². The second kappa shape index (κ2) is 8.76. The number of rotatable bonds is 4. The summed E-state index contributed by atoms with van der Waals surface area (Å²) in [6.07, 6.45) is 4.50. The molecule has 4 rings (SSSR count). The highest BCUT2D eigenvalue weighted by atomic mass is 16.2. The van der Waals surface area contributed by atoms with Crippen molar-refractivity contribution in [3.8, 4) is 6.07 Å². The summed E-state index contributed by atoms with van der Waals surface area (Å²) in [7, 11) is 0. The van der Waals surface area contributed by atoms with Gasteiger partial charge in [-0.05, 0) is 37.9 Å². The molecule has 0 saturated carbocycles. The SMILES string of the molecule is N#Cc1ccc(N2CCN(C(=O)CCC3NC(=O)C4NCCCC4N3)CC2)nc1. The Morgan fingerprint density at radius 2 is 2.10 bits per heavy atom. The number of piperidine rings is 1. The van der Waals surface area contributed by atoms with Gasteiger partial charge in [0.15, 0.2) is 0 Å². The number of nitriles is 1. The van der Waals surface area contributed by atoms with Crippen molar-refractivity contribution in [2.75, 3.05) is 37.6 Å². The zero-order valence-electron chi connectivity index (χ0n) is 16.4. The average molecular weight is 397 g/mol. The van der Waals surface area contributed by atoms with Crippen molar-refractivity contribution in [3.05, 3.63) is 23.9 Å². The average Bonchev–Trinajstić information content (AvgIpc) is 2.78. The number of carbonyl (C=O) groups is 2. The van der Waals surface area contributed by atoms with Crippen molar-refractivity contribution in [1.82, 2.24) is 25.8 Å². The number of nitrogens with zero attached hydrogens (tertiary/aromatic N) is 4. The number of amides is 2. The number of nitrogens with one attached hydrogen (secondary N) is 3. The van der Waals surface area contributed by atoms with Gasteiger partial charge < -0.3 is 20.4 Å². The Morgan fingerprint density at radius 3 is 2.83 bits per heavy atom. The molecule has 3 atom stereocenters. The maximum absolute atomic E-state index is 12.6. The van der Waals surface area contributed by atoms with E-state index in [1.807, 2.05) is 11.0 Å². The quantitative estimate of drug-likeness (QED) is 0.631. The highest BCUT2D eigenvalue weighted by molar-refractivity contribution is 5.84. The second-order valence-electron chi connectivity index (χ2n) is 7.83. The fourth-order valence-corrected chi connectivity index (χ4v) is 4.31.